The SMILES string of the molecule is CC.CC.CNC1CCNCC1C. The Balaban J connectivity index is 0. The van der Waals surface area contributed by atoms with E-state index in [-0.39, 0.29) is 0 Å². The maximum Gasteiger partial charge on any atom is 0.0114 e. The third-order valence-corrected chi connectivity index (χ3v) is 2.16. The molecule has 0 aromatic rings. The van der Waals surface area contributed by atoms with E-state index in [0.29, 0.717) is 0 Å². The molecule has 2 heteroatoms. The Morgan fingerprint density at radius 1 is 1.15 bits per heavy atom. The lowest BCUT2D eigenvalue weighted by molar-refractivity contribution is 0.311. The first-order chi connectivity index (χ1) is 6.34. The molecule has 1 saturated heterocycles. The highest BCUT2D eigenvalue weighted by molar-refractivity contribution is 4.78. The van der Waals surface area contributed by atoms with Crippen molar-refractivity contribution < 1.29 is 0 Å². The Morgan fingerprint density at radius 3 is 2.00 bits per heavy atom. The van der Waals surface area contributed by atoms with Gasteiger partial charge in [-0.25, -0.2) is 0 Å². The molecule has 0 radical (unpaired) electrons. The maximum atomic E-state index is 3.36. The minimum absolute atomic E-state index is 0.742. The van der Waals surface area contributed by atoms with Crippen LogP contribution < -0.4 is 10.6 Å². The number of hydrogen-bond acceptors (Lipinski definition) is 2. The number of rotatable bonds is 1. The van der Waals surface area contributed by atoms with E-state index in [1.54, 1.807) is 0 Å². The fourth-order valence-corrected chi connectivity index (χ4v) is 1.44. The molecule has 13 heavy (non-hydrogen) atoms. The fourth-order valence-electron chi connectivity index (χ4n) is 1.44. The Morgan fingerprint density at radius 2 is 1.69 bits per heavy atom. The molecular weight excluding hydrogens is 160 g/mol. The normalized spacial score (nSPS) is 26.3. The van der Waals surface area contributed by atoms with Crippen molar-refractivity contribution in [1.29, 1.82) is 0 Å². The summed E-state index contributed by atoms with van der Waals surface area (Å²) in [5.41, 5.74) is 0. The topological polar surface area (TPSA) is 24.1 Å². The quantitative estimate of drug-likeness (QED) is 0.659. The van der Waals surface area contributed by atoms with Crippen LogP contribution in [-0.2, 0) is 0 Å². The van der Waals surface area contributed by atoms with Crippen LogP contribution in [0.2, 0.25) is 0 Å². The number of nitrogens with one attached hydrogen (secondary N) is 2. The van der Waals surface area contributed by atoms with E-state index in [0.717, 1.165) is 12.0 Å². The molecule has 82 valence electrons. The van der Waals surface area contributed by atoms with Gasteiger partial charge >= 0.3 is 0 Å². The van der Waals surface area contributed by atoms with E-state index in [2.05, 4.69) is 17.6 Å². The molecule has 0 aliphatic carbocycles. The van der Waals surface area contributed by atoms with Crippen molar-refractivity contribution in [3.8, 4) is 0 Å². The number of hydrogen-bond donors (Lipinski definition) is 2. The predicted molar refractivity (Wildman–Crippen MR) is 62.2 cm³/mol. The summed E-state index contributed by atoms with van der Waals surface area (Å²) in [5, 5.41) is 6.67. The average Bonchev–Trinajstić information content (AvgIpc) is 2.24. The Labute approximate surface area is 84.5 Å². The summed E-state index contributed by atoms with van der Waals surface area (Å²) in [4.78, 5) is 0. The highest BCUT2D eigenvalue weighted by Crippen LogP contribution is 2.08. The van der Waals surface area contributed by atoms with Gasteiger partial charge in [-0.05, 0) is 32.5 Å². The zero-order valence-electron chi connectivity index (χ0n) is 10.3. The van der Waals surface area contributed by atoms with Crippen molar-refractivity contribution in [3.05, 3.63) is 0 Å². The van der Waals surface area contributed by atoms with E-state index in [1.807, 2.05) is 34.7 Å². The van der Waals surface area contributed by atoms with Crippen LogP contribution in [0.15, 0.2) is 0 Å². The molecule has 0 spiro atoms. The molecule has 2 unspecified atom stereocenters. The molecule has 0 aromatic heterocycles. The first-order valence-corrected chi connectivity index (χ1v) is 5.72. The molecule has 1 aliphatic heterocycles. The second kappa shape index (κ2) is 11.9. The standard InChI is InChI=1S/C7H16N2.2C2H6/c1-6-5-9-4-3-7(6)8-2;2*1-2/h6-9H,3-5H2,1-2H3;2*1-2H3. The minimum Gasteiger partial charge on any atom is -0.317 e. The predicted octanol–water partition coefficient (Wildman–Crippen LogP) is 2.26. The summed E-state index contributed by atoms with van der Waals surface area (Å²) < 4.78 is 0. The molecule has 2 atom stereocenters. The summed E-state index contributed by atoms with van der Waals surface area (Å²) in [6.45, 7) is 12.6. The fraction of sp³-hybridized carbons (Fsp3) is 1.00. The number of piperidine rings is 1. The van der Waals surface area contributed by atoms with Gasteiger partial charge in [-0.1, -0.05) is 34.6 Å². The van der Waals surface area contributed by atoms with Gasteiger partial charge in [0, 0.05) is 6.04 Å². The highest BCUT2D eigenvalue weighted by Gasteiger charge is 2.17. The van der Waals surface area contributed by atoms with Gasteiger partial charge in [-0.15, -0.1) is 0 Å². The second-order valence-corrected chi connectivity index (χ2v) is 2.87. The molecular formula is C11H28N2. The first kappa shape index (κ1) is 15.4. The molecule has 1 heterocycles. The van der Waals surface area contributed by atoms with E-state index in [9.17, 15) is 0 Å². The van der Waals surface area contributed by atoms with E-state index >= 15 is 0 Å². The maximum absolute atomic E-state index is 3.36. The van der Waals surface area contributed by atoms with Gasteiger partial charge in [0.2, 0.25) is 0 Å². The van der Waals surface area contributed by atoms with Gasteiger partial charge in [-0.3, -0.25) is 0 Å². The van der Waals surface area contributed by atoms with Crippen molar-refractivity contribution in [2.45, 2.75) is 47.1 Å². The molecule has 1 aliphatic rings. The summed E-state index contributed by atoms with van der Waals surface area (Å²) in [5.74, 6) is 0.795. The van der Waals surface area contributed by atoms with Crippen molar-refractivity contribution in [3.63, 3.8) is 0 Å². The monoisotopic (exact) mass is 188 g/mol. The summed E-state index contributed by atoms with van der Waals surface area (Å²) in [7, 11) is 2.05. The molecule has 2 nitrogen and oxygen atoms in total. The molecule has 0 bridgehead atoms. The van der Waals surface area contributed by atoms with Crippen molar-refractivity contribution in [2.24, 2.45) is 5.92 Å². The van der Waals surface area contributed by atoms with Gasteiger partial charge in [0.15, 0.2) is 0 Å². The van der Waals surface area contributed by atoms with Gasteiger partial charge in [0.1, 0.15) is 0 Å². The van der Waals surface area contributed by atoms with Gasteiger partial charge in [-0.2, -0.15) is 0 Å². The lowest BCUT2D eigenvalue weighted by Gasteiger charge is -2.28. The third kappa shape index (κ3) is 7.03. The van der Waals surface area contributed by atoms with Crippen molar-refractivity contribution in [1.82, 2.24) is 10.6 Å². The van der Waals surface area contributed by atoms with Gasteiger partial charge < -0.3 is 10.6 Å². The minimum atomic E-state index is 0.742. The van der Waals surface area contributed by atoms with E-state index in [1.165, 1.54) is 19.5 Å². The van der Waals surface area contributed by atoms with Crippen LogP contribution in [0.1, 0.15) is 41.0 Å². The molecule has 0 amide bonds. The molecule has 1 rings (SSSR count). The van der Waals surface area contributed by atoms with Crippen LogP contribution in [0.4, 0.5) is 0 Å². The lowest BCUT2D eigenvalue weighted by atomic mass is 9.96. The highest BCUT2D eigenvalue weighted by atomic mass is 15.0. The summed E-state index contributed by atoms with van der Waals surface area (Å²) in [6.07, 6.45) is 1.28. The van der Waals surface area contributed by atoms with Crippen LogP contribution in [-0.4, -0.2) is 26.2 Å². The third-order valence-electron chi connectivity index (χ3n) is 2.16. The van der Waals surface area contributed by atoms with Gasteiger partial charge in [0.25, 0.3) is 0 Å². The Hall–Kier alpha value is -0.0800. The Kier molecular flexibility index (Phi) is 14.1. The average molecular weight is 188 g/mol. The zero-order valence-corrected chi connectivity index (χ0v) is 10.3. The van der Waals surface area contributed by atoms with Crippen LogP contribution >= 0.6 is 0 Å². The molecule has 0 aromatic carbocycles. The second-order valence-electron chi connectivity index (χ2n) is 2.87. The van der Waals surface area contributed by atoms with E-state index < -0.39 is 0 Å². The Bertz CT molecular complexity index is 84.2. The van der Waals surface area contributed by atoms with Crippen LogP contribution in [0.25, 0.3) is 0 Å². The summed E-state index contributed by atoms with van der Waals surface area (Å²) in [6, 6.07) is 0.742. The van der Waals surface area contributed by atoms with Crippen LogP contribution in [0, 0.1) is 5.92 Å². The van der Waals surface area contributed by atoms with Crippen molar-refractivity contribution >= 4 is 0 Å². The van der Waals surface area contributed by atoms with Crippen LogP contribution in [0.3, 0.4) is 0 Å². The van der Waals surface area contributed by atoms with Crippen LogP contribution in [0.5, 0.6) is 0 Å². The van der Waals surface area contributed by atoms with Crippen molar-refractivity contribution in [2.75, 3.05) is 20.1 Å². The van der Waals surface area contributed by atoms with E-state index in [4.69, 9.17) is 0 Å². The van der Waals surface area contributed by atoms with Gasteiger partial charge in [0.05, 0.1) is 0 Å². The zero-order chi connectivity index (χ0) is 10.7. The molecule has 1 fully saturated rings. The summed E-state index contributed by atoms with van der Waals surface area (Å²) >= 11 is 0. The largest absolute Gasteiger partial charge is 0.317 e. The first-order valence-electron chi connectivity index (χ1n) is 5.72. The smallest absolute Gasteiger partial charge is 0.0114 e. The molecule has 0 saturated carbocycles. The lowest BCUT2D eigenvalue weighted by Crippen LogP contribution is -2.44. The molecule has 2 N–H and O–H groups in total.